The minimum absolute atomic E-state index is 0.142. The van der Waals surface area contributed by atoms with E-state index < -0.39 is 10.0 Å². The molecule has 15 heavy (non-hydrogen) atoms. The molecule has 4 nitrogen and oxygen atoms in total. The fraction of sp³-hybridized carbons (Fsp3) is 0.300. The minimum Gasteiger partial charge on any atom is -0.207 e. The van der Waals surface area contributed by atoms with Crippen molar-refractivity contribution in [2.45, 2.75) is 11.8 Å². The molecule has 0 N–H and O–H groups in total. The predicted molar refractivity (Wildman–Crippen MR) is 56.6 cm³/mol. The molecule has 0 heterocycles. The van der Waals surface area contributed by atoms with E-state index in [9.17, 15) is 8.42 Å². The Bertz CT molecular complexity index is 488. The van der Waals surface area contributed by atoms with Crippen molar-refractivity contribution in [1.29, 1.82) is 5.26 Å². The van der Waals surface area contributed by atoms with Gasteiger partial charge in [0.05, 0.1) is 11.0 Å². The second-order valence-electron chi connectivity index (χ2n) is 3.18. The summed E-state index contributed by atoms with van der Waals surface area (Å²) in [6, 6.07) is 8.52. The van der Waals surface area contributed by atoms with Crippen LogP contribution >= 0.6 is 0 Å². The molecule has 0 aliphatic rings. The van der Waals surface area contributed by atoms with Crippen LogP contribution in [0.5, 0.6) is 0 Å². The Morgan fingerprint density at radius 3 is 2.53 bits per heavy atom. The van der Waals surface area contributed by atoms with Crippen molar-refractivity contribution >= 4 is 10.0 Å². The Balaban J connectivity index is 3.19. The van der Waals surface area contributed by atoms with Gasteiger partial charge in [0.15, 0.2) is 0 Å². The van der Waals surface area contributed by atoms with Crippen LogP contribution in [0.4, 0.5) is 0 Å². The lowest BCUT2D eigenvalue weighted by molar-refractivity contribution is 0.501. The van der Waals surface area contributed by atoms with E-state index in [1.54, 1.807) is 31.2 Å². The van der Waals surface area contributed by atoms with Gasteiger partial charge in [-0.25, -0.2) is 8.42 Å². The van der Waals surface area contributed by atoms with E-state index in [0.29, 0.717) is 5.56 Å². The SMILES string of the molecule is Cc1ccccc1S(=O)(=O)N(C)CC#N. The lowest BCUT2D eigenvalue weighted by Crippen LogP contribution is -2.27. The smallest absolute Gasteiger partial charge is 0.207 e. The van der Waals surface area contributed by atoms with Gasteiger partial charge in [0, 0.05) is 7.05 Å². The number of nitrogens with zero attached hydrogens (tertiary/aromatic N) is 2. The molecule has 0 unspecified atom stereocenters. The van der Waals surface area contributed by atoms with Crippen LogP contribution in [0, 0.1) is 18.3 Å². The Labute approximate surface area is 89.8 Å². The number of sulfonamides is 1. The van der Waals surface area contributed by atoms with Crippen LogP contribution in [-0.4, -0.2) is 26.3 Å². The van der Waals surface area contributed by atoms with Crippen molar-refractivity contribution in [2.24, 2.45) is 0 Å². The zero-order chi connectivity index (χ0) is 11.5. The molecule has 1 aromatic rings. The number of benzene rings is 1. The first-order valence-corrected chi connectivity index (χ1v) is 5.83. The standard InChI is InChI=1S/C10H12N2O2S/c1-9-5-3-4-6-10(9)15(13,14)12(2)8-7-11/h3-6H,8H2,1-2H3. The number of hydrogen-bond acceptors (Lipinski definition) is 3. The summed E-state index contributed by atoms with van der Waals surface area (Å²) >= 11 is 0. The van der Waals surface area contributed by atoms with Gasteiger partial charge in [0.2, 0.25) is 10.0 Å². The molecule has 1 rings (SSSR count). The molecule has 0 aliphatic carbocycles. The van der Waals surface area contributed by atoms with Crippen LogP contribution < -0.4 is 0 Å². The van der Waals surface area contributed by atoms with E-state index in [-0.39, 0.29) is 11.4 Å². The highest BCUT2D eigenvalue weighted by atomic mass is 32.2. The maximum absolute atomic E-state index is 11.9. The van der Waals surface area contributed by atoms with Crippen LogP contribution in [0.3, 0.4) is 0 Å². The van der Waals surface area contributed by atoms with E-state index in [0.717, 1.165) is 4.31 Å². The van der Waals surface area contributed by atoms with Gasteiger partial charge >= 0.3 is 0 Å². The first kappa shape index (κ1) is 11.7. The Hall–Kier alpha value is -1.38. The van der Waals surface area contributed by atoms with Gasteiger partial charge in [-0.15, -0.1) is 0 Å². The van der Waals surface area contributed by atoms with E-state index in [1.807, 2.05) is 6.07 Å². The normalized spacial score (nSPS) is 11.3. The molecular formula is C10H12N2O2S. The van der Waals surface area contributed by atoms with Gasteiger partial charge in [0.25, 0.3) is 0 Å². The van der Waals surface area contributed by atoms with Crippen molar-refractivity contribution < 1.29 is 8.42 Å². The van der Waals surface area contributed by atoms with E-state index in [4.69, 9.17) is 5.26 Å². The second kappa shape index (κ2) is 4.43. The summed E-state index contributed by atoms with van der Waals surface area (Å²) in [5, 5.41) is 8.46. The average molecular weight is 224 g/mol. The highest BCUT2D eigenvalue weighted by molar-refractivity contribution is 7.89. The van der Waals surface area contributed by atoms with E-state index in [2.05, 4.69) is 0 Å². The molecule has 0 atom stereocenters. The van der Waals surface area contributed by atoms with Crippen molar-refractivity contribution in [3.8, 4) is 6.07 Å². The van der Waals surface area contributed by atoms with Crippen molar-refractivity contribution in [3.63, 3.8) is 0 Å². The third kappa shape index (κ3) is 2.35. The predicted octanol–water partition coefficient (Wildman–Crippen LogP) is 1.14. The van der Waals surface area contributed by atoms with Gasteiger partial charge in [-0.05, 0) is 18.6 Å². The average Bonchev–Trinajstić information content (AvgIpc) is 2.18. The topological polar surface area (TPSA) is 61.2 Å². The fourth-order valence-electron chi connectivity index (χ4n) is 1.20. The summed E-state index contributed by atoms with van der Waals surface area (Å²) in [5.41, 5.74) is 0.683. The second-order valence-corrected chi connectivity index (χ2v) is 5.20. The third-order valence-corrected chi connectivity index (χ3v) is 4.04. The van der Waals surface area contributed by atoms with Gasteiger partial charge in [0.1, 0.15) is 6.54 Å². The van der Waals surface area contributed by atoms with Gasteiger partial charge < -0.3 is 0 Å². The Kier molecular flexibility index (Phi) is 3.45. The van der Waals surface area contributed by atoms with E-state index in [1.165, 1.54) is 7.05 Å². The molecule has 0 radical (unpaired) electrons. The Morgan fingerprint density at radius 2 is 2.00 bits per heavy atom. The van der Waals surface area contributed by atoms with Gasteiger partial charge in [-0.1, -0.05) is 18.2 Å². The zero-order valence-corrected chi connectivity index (χ0v) is 9.45. The highest BCUT2D eigenvalue weighted by Crippen LogP contribution is 2.17. The molecule has 0 spiro atoms. The molecule has 5 heteroatoms. The quantitative estimate of drug-likeness (QED) is 0.723. The third-order valence-electron chi connectivity index (χ3n) is 2.08. The number of rotatable bonds is 3. The van der Waals surface area contributed by atoms with Crippen LogP contribution in [0.1, 0.15) is 5.56 Å². The van der Waals surface area contributed by atoms with Crippen LogP contribution in [0.25, 0.3) is 0 Å². The first-order valence-electron chi connectivity index (χ1n) is 4.39. The molecule has 0 aliphatic heterocycles. The lowest BCUT2D eigenvalue weighted by atomic mass is 10.2. The highest BCUT2D eigenvalue weighted by Gasteiger charge is 2.21. The molecule has 0 fully saturated rings. The summed E-state index contributed by atoms with van der Waals surface area (Å²) in [6.07, 6.45) is 0. The maximum atomic E-state index is 11.9. The molecule has 0 saturated heterocycles. The summed E-state index contributed by atoms with van der Waals surface area (Å²) < 4.78 is 24.9. The Morgan fingerprint density at radius 1 is 1.40 bits per heavy atom. The molecular weight excluding hydrogens is 212 g/mol. The molecule has 0 aromatic heterocycles. The fourth-order valence-corrected chi connectivity index (χ4v) is 2.49. The van der Waals surface area contributed by atoms with Gasteiger partial charge in [-0.3, -0.25) is 0 Å². The van der Waals surface area contributed by atoms with Gasteiger partial charge in [-0.2, -0.15) is 9.57 Å². The van der Waals surface area contributed by atoms with Crippen molar-refractivity contribution in [2.75, 3.05) is 13.6 Å². The van der Waals surface area contributed by atoms with Crippen LogP contribution in [0.15, 0.2) is 29.2 Å². The monoisotopic (exact) mass is 224 g/mol. The zero-order valence-electron chi connectivity index (χ0n) is 8.64. The van der Waals surface area contributed by atoms with Crippen LogP contribution in [-0.2, 0) is 10.0 Å². The summed E-state index contributed by atoms with van der Waals surface area (Å²) in [4.78, 5) is 0.253. The number of hydrogen-bond donors (Lipinski definition) is 0. The van der Waals surface area contributed by atoms with Crippen molar-refractivity contribution in [1.82, 2.24) is 4.31 Å². The number of nitriles is 1. The molecule has 0 bridgehead atoms. The molecule has 80 valence electrons. The molecule has 0 saturated carbocycles. The summed E-state index contributed by atoms with van der Waals surface area (Å²) in [6.45, 7) is 1.59. The summed E-state index contributed by atoms with van der Waals surface area (Å²) in [5.74, 6) is 0. The maximum Gasteiger partial charge on any atom is 0.244 e. The number of aryl methyl sites for hydroxylation is 1. The largest absolute Gasteiger partial charge is 0.244 e. The van der Waals surface area contributed by atoms with Crippen LogP contribution in [0.2, 0.25) is 0 Å². The molecule has 1 aromatic carbocycles. The minimum atomic E-state index is -3.52. The first-order chi connectivity index (χ1) is 7.00. The van der Waals surface area contributed by atoms with Crippen molar-refractivity contribution in [3.05, 3.63) is 29.8 Å². The summed E-state index contributed by atoms with van der Waals surface area (Å²) in [7, 11) is -2.13. The lowest BCUT2D eigenvalue weighted by Gasteiger charge is -2.14. The molecule has 0 amide bonds. The van der Waals surface area contributed by atoms with E-state index >= 15 is 0 Å².